The average molecular weight is 319 g/mol. The van der Waals surface area contributed by atoms with Crippen molar-refractivity contribution in [3.8, 4) is 0 Å². The number of hydrogen-bond acceptors (Lipinski definition) is 5. The van der Waals surface area contributed by atoms with Gasteiger partial charge in [-0.25, -0.2) is 9.97 Å². The standard InChI is InChI=1S/C17H29N5O/c1-5-7-21(8-6-2)16-13-15(18-14(3)19-16)17(23)22-11-9-20(4)10-12-22/h13H,5-12H2,1-4H3. The third kappa shape index (κ3) is 4.64. The van der Waals surface area contributed by atoms with Crippen molar-refractivity contribution in [3.63, 3.8) is 0 Å². The summed E-state index contributed by atoms with van der Waals surface area (Å²) in [5.74, 6) is 1.56. The molecule has 0 aromatic carbocycles. The smallest absolute Gasteiger partial charge is 0.272 e. The van der Waals surface area contributed by atoms with Crippen LogP contribution in [-0.4, -0.2) is 72.0 Å². The van der Waals surface area contributed by atoms with Crippen molar-refractivity contribution in [2.24, 2.45) is 0 Å². The van der Waals surface area contributed by atoms with E-state index in [0.717, 1.165) is 57.9 Å². The highest BCUT2D eigenvalue weighted by molar-refractivity contribution is 5.93. The molecule has 6 heteroatoms. The number of aryl methyl sites for hydroxylation is 1. The topological polar surface area (TPSA) is 52.6 Å². The highest BCUT2D eigenvalue weighted by Crippen LogP contribution is 2.16. The zero-order valence-corrected chi connectivity index (χ0v) is 14.9. The molecule has 1 aliphatic rings. The molecule has 0 atom stereocenters. The number of rotatable bonds is 6. The molecule has 0 radical (unpaired) electrons. The van der Waals surface area contributed by atoms with E-state index in [1.807, 2.05) is 17.9 Å². The third-order valence-electron chi connectivity index (χ3n) is 4.15. The van der Waals surface area contributed by atoms with Crippen molar-refractivity contribution in [1.82, 2.24) is 19.8 Å². The molecule has 1 amide bonds. The molecule has 1 aromatic rings. The number of carbonyl (C=O) groups is 1. The monoisotopic (exact) mass is 319 g/mol. The summed E-state index contributed by atoms with van der Waals surface area (Å²) < 4.78 is 0. The first kappa shape index (κ1) is 17.7. The summed E-state index contributed by atoms with van der Waals surface area (Å²) in [5, 5.41) is 0. The molecule has 0 saturated carbocycles. The van der Waals surface area contributed by atoms with Crippen LogP contribution in [0, 0.1) is 6.92 Å². The van der Waals surface area contributed by atoms with E-state index in [4.69, 9.17) is 0 Å². The predicted molar refractivity (Wildman–Crippen MR) is 93.0 cm³/mol. The number of nitrogens with zero attached hydrogens (tertiary/aromatic N) is 5. The van der Waals surface area contributed by atoms with Gasteiger partial charge in [0.15, 0.2) is 0 Å². The van der Waals surface area contributed by atoms with Gasteiger partial charge in [-0.15, -0.1) is 0 Å². The van der Waals surface area contributed by atoms with Gasteiger partial charge in [-0.2, -0.15) is 0 Å². The minimum atomic E-state index is 0.0257. The van der Waals surface area contributed by atoms with Crippen molar-refractivity contribution in [2.45, 2.75) is 33.6 Å². The molecule has 2 rings (SSSR count). The second kappa shape index (κ2) is 8.24. The maximum atomic E-state index is 12.7. The van der Waals surface area contributed by atoms with Crippen molar-refractivity contribution in [2.75, 3.05) is 51.2 Å². The van der Waals surface area contributed by atoms with E-state index in [1.54, 1.807) is 0 Å². The molecule has 0 aliphatic carbocycles. The van der Waals surface area contributed by atoms with Crippen LogP contribution in [0.3, 0.4) is 0 Å². The largest absolute Gasteiger partial charge is 0.357 e. The summed E-state index contributed by atoms with van der Waals surface area (Å²) in [4.78, 5) is 28.1. The minimum Gasteiger partial charge on any atom is -0.357 e. The number of anilines is 1. The summed E-state index contributed by atoms with van der Waals surface area (Å²) >= 11 is 0. The Balaban J connectivity index is 2.20. The van der Waals surface area contributed by atoms with Crippen LogP contribution in [0.25, 0.3) is 0 Å². The van der Waals surface area contributed by atoms with Gasteiger partial charge in [0, 0.05) is 45.3 Å². The van der Waals surface area contributed by atoms with Gasteiger partial charge in [-0.05, 0) is 26.8 Å². The Kier molecular flexibility index (Phi) is 6.33. The zero-order chi connectivity index (χ0) is 16.8. The Morgan fingerprint density at radius 2 is 1.74 bits per heavy atom. The zero-order valence-electron chi connectivity index (χ0n) is 14.9. The maximum absolute atomic E-state index is 12.7. The number of hydrogen-bond donors (Lipinski definition) is 0. The van der Waals surface area contributed by atoms with Crippen LogP contribution < -0.4 is 4.90 Å². The first-order valence-electron chi connectivity index (χ1n) is 8.63. The lowest BCUT2D eigenvalue weighted by molar-refractivity contribution is 0.0658. The highest BCUT2D eigenvalue weighted by atomic mass is 16.2. The molecule has 0 unspecified atom stereocenters. The highest BCUT2D eigenvalue weighted by Gasteiger charge is 2.22. The molecule has 128 valence electrons. The number of aromatic nitrogens is 2. The minimum absolute atomic E-state index is 0.0257. The maximum Gasteiger partial charge on any atom is 0.272 e. The van der Waals surface area contributed by atoms with Gasteiger partial charge in [-0.3, -0.25) is 4.79 Å². The van der Waals surface area contributed by atoms with Crippen LogP contribution in [-0.2, 0) is 0 Å². The molecular formula is C17H29N5O. The number of piperazine rings is 1. The molecule has 1 aromatic heterocycles. The molecule has 1 fully saturated rings. The van der Waals surface area contributed by atoms with E-state index in [9.17, 15) is 4.79 Å². The molecule has 0 spiro atoms. The second-order valence-electron chi connectivity index (χ2n) is 6.24. The fourth-order valence-corrected chi connectivity index (χ4v) is 2.88. The lowest BCUT2D eigenvalue weighted by atomic mass is 10.2. The van der Waals surface area contributed by atoms with E-state index >= 15 is 0 Å². The molecule has 0 bridgehead atoms. The van der Waals surface area contributed by atoms with Gasteiger partial charge in [0.25, 0.3) is 5.91 Å². The summed E-state index contributed by atoms with van der Waals surface area (Å²) in [7, 11) is 2.09. The van der Waals surface area contributed by atoms with Crippen LogP contribution in [0.1, 0.15) is 43.0 Å². The molecule has 2 heterocycles. The SMILES string of the molecule is CCCN(CCC)c1cc(C(=O)N2CCN(C)CC2)nc(C)n1. The van der Waals surface area contributed by atoms with E-state index in [-0.39, 0.29) is 5.91 Å². The van der Waals surface area contributed by atoms with E-state index < -0.39 is 0 Å². The quantitative estimate of drug-likeness (QED) is 0.800. The number of carbonyl (C=O) groups excluding carboxylic acids is 1. The van der Waals surface area contributed by atoms with Gasteiger partial charge in [-0.1, -0.05) is 13.8 Å². The van der Waals surface area contributed by atoms with Crippen molar-refractivity contribution >= 4 is 11.7 Å². The van der Waals surface area contributed by atoms with Gasteiger partial charge < -0.3 is 14.7 Å². The Labute approximate surface area is 139 Å². The van der Waals surface area contributed by atoms with Crippen molar-refractivity contribution in [3.05, 3.63) is 17.6 Å². The molecule has 1 aliphatic heterocycles. The van der Waals surface area contributed by atoms with Gasteiger partial charge in [0.05, 0.1) is 0 Å². The molecule has 6 nitrogen and oxygen atoms in total. The summed E-state index contributed by atoms with van der Waals surface area (Å²) in [6.07, 6.45) is 2.12. The number of amides is 1. The first-order chi connectivity index (χ1) is 11.0. The van der Waals surface area contributed by atoms with Crippen LogP contribution in [0.2, 0.25) is 0 Å². The van der Waals surface area contributed by atoms with Crippen molar-refractivity contribution in [1.29, 1.82) is 0 Å². The van der Waals surface area contributed by atoms with Crippen LogP contribution in [0.4, 0.5) is 5.82 Å². The van der Waals surface area contributed by atoms with Crippen molar-refractivity contribution < 1.29 is 4.79 Å². The Morgan fingerprint density at radius 3 is 2.30 bits per heavy atom. The lowest BCUT2D eigenvalue weighted by Crippen LogP contribution is -2.47. The average Bonchev–Trinajstić information content (AvgIpc) is 2.54. The van der Waals surface area contributed by atoms with Crippen LogP contribution in [0.5, 0.6) is 0 Å². The predicted octanol–water partition coefficient (Wildman–Crippen LogP) is 1.80. The van der Waals surface area contributed by atoms with Crippen LogP contribution in [0.15, 0.2) is 6.07 Å². The van der Waals surface area contributed by atoms with Gasteiger partial charge in [0.1, 0.15) is 17.3 Å². The van der Waals surface area contributed by atoms with Gasteiger partial charge >= 0.3 is 0 Å². The van der Waals surface area contributed by atoms with Gasteiger partial charge in [0.2, 0.25) is 0 Å². The van der Waals surface area contributed by atoms with E-state index in [0.29, 0.717) is 11.5 Å². The molecule has 23 heavy (non-hydrogen) atoms. The third-order valence-corrected chi connectivity index (χ3v) is 4.15. The summed E-state index contributed by atoms with van der Waals surface area (Å²) in [6, 6.07) is 1.86. The fraction of sp³-hybridized carbons (Fsp3) is 0.706. The van der Waals surface area contributed by atoms with Crippen LogP contribution >= 0.6 is 0 Å². The Bertz CT molecular complexity index is 520. The fourth-order valence-electron chi connectivity index (χ4n) is 2.88. The second-order valence-corrected chi connectivity index (χ2v) is 6.24. The van der Waals surface area contributed by atoms with E-state index in [2.05, 4.69) is 40.7 Å². The summed E-state index contributed by atoms with van der Waals surface area (Å²) in [5.41, 5.74) is 0.522. The van der Waals surface area contributed by atoms with E-state index in [1.165, 1.54) is 0 Å². The normalized spacial score (nSPS) is 15.7. The lowest BCUT2D eigenvalue weighted by Gasteiger charge is -2.32. The Morgan fingerprint density at radius 1 is 1.13 bits per heavy atom. The Hall–Kier alpha value is -1.69. The number of likely N-dealkylation sites (N-methyl/N-ethyl adjacent to an activating group) is 1. The molecule has 1 saturated heterocycles. The first-order valence-corrected chi connectivity index (χ1v) is 8.63. The summed E-state index contributed by atoms with van der Waals surface area (Å²) in [6.45, 7) is 11.4. The molecule has 0 N–H and O–H groups in total. The molecular weight excluding hydrogens is 290 g/mol.